The number of rotatable bonds is 6. The SMILES string of the molecule is O=C(O)c1ccc2nc(CN3CCC(c4cccc(O)c4O)CC3)n(CC3CCO3)c2c1. The molecule has 2 aliphatic rings. The lowest BCUT2D eigenvalue weighted by Crippen LogP contribution is -2.35. The van der Waals surface area contributed by atoms with Gasteiger partial charge in [-0.3, -0.25) is 4.90 Å². The van der Waals surface area contributed by atoms with E-state index in [0.717, 1.165) is 61.4 Å². The van der Waals surface area contributed by atoms with Crippen molar-refractivity contribution in [2.75, 3.05) is 19.7 Å². The Hall–Kier alpha value is -3.10. The Labute approximate surface area is 185 Å². The minimum absolute atomic E-state index is 0.0116. The zero-order valence-electron chi connectivity index (χ0n) is 17.8. The standard InChI is InChI=1S/C24H27N3O5/c28-21-3-1-2-18(23(21)29)15-6-9-26(10-7-15)14-22-25-19-5-4-16(24(30)31)12-20(19)27(22)13-17-8-11-32-17/h1-5,12,15,17,28-29H,6-11,13-14H2,(H,30,31). The molecule has 3 aromatic rings. The first-order valence-electron chi connectivity index (χ1n) is 11.1. The zero-order chi connectivity index (χ0) is 22.2. The molecule has 3 heterocycles. The van der Waals surface area contributed by atoms with E-state index in [1.54, 1.807) is 24.3 Å². The molecule has 168 valence electrons. The second-order valence-electron chi connectivity index (χ2n) is 8.69. The molecular formula is C24H27N3O5. The molecule has 8 heteroatoms. The van der Waals surface area contributed by atoms with Crippen molar-refractivity contribution < 1.29 is 24.9 Å². The van der Waals surface area contributed by atoms with Gasteiger partial charge < -0.3 is 24.6 Å². The highest BCUT2D eigenvalue weighted by molar-refractivity contribution is 5.92. The fraction of sp³-hybridized carbons (Fsp3) is 0.417. The first-order chi connectivity index (χ1) is 15.5. The van der Waals surface area contributed by atoms with Crippen LogP contribution >= 0.6 is 0 Å². The van der Waals surface area contributed by atoms with Crippen LogP contribution in [0.2, 0.25) is 0 Å². The maximum absolute atomic E-state index is 11.5. The summed E-state index contributed by atoms with van der Waals surface area (Å²) in [7, 11) is 0. The van der Waals surface area contributed by atoms with Gasteiger partial charge >= 0.3 is 5.97 Å². The number of ether oxygens (including phenoxy) is 1. The lowest BCUT2D eigenvalue weighted by molar-refractivity contribution is -0.0592. The number of fused-ring (bicyclic) bond motifs is 1. The zero-order valence-corrected chi connectivity index (χ0v) is 17.8. The Kier molecular flexibility index (Phi) is 5.48. The number of hydrogen-bond acceptors (Lipinski definition) is 6. The van der Waals surface area contributed by atoms with E-state index in [-0.39, 0.29) is 29.1 Å². The third kappa shape index (κ3) is 3.91. The van der Waals surface area contributed by atoms with Crippen LogP contribution in [0.3, 0.4) is 0 Å². The van der Waals surface area contributed by atoms with Gasteiger partial charge in [-0.1, -0.05) is 12.1 Å². The number of carboxylic acids is 1. The molecule has 1 aromatic heterocycles. The Morgan fingerprint density at radius 1 is 1.12 bits per heavy atom. The smallest absolute Gasteiger partial charge is 0.335 e. The average molecular weight is 437 g/mol. The number of phenols is 2. The van der Waals surface area contributed by atoms with Crippen molar-refractivity contribution in [1.82, 2.24) is 14.5 Å². The summed E-state index contributed by atoms with van der Waals surface area (Å²) in [5, 5.41) is 29.4. The fourth-order valence-electron chi connectivity index (χ4n) is 4.74. The number of para-hydroxylation sites is 1. The number of aromatic nitrogens is 2. The van der Waals surface area contributed by atoms with Crippen molar-refractivity contribution in [3.8, 4) is 11.5 Å². The van der Waals surface area contributed by atoms with Gasteiger partial charge in [0.25, 0.3) is 0 Å². The molecule has 2 aliphatic heterocycles. The van der Waals surface area contributed by atoms with E-state index >= 15 is 0 Å². The molecule has 3 N–H and O–H groups in total. The Balaban J connectivity index is 1.35. The lowest BCUT2D eigenvalue weighted by Gasteiger charge is -2.33. The molecule has 2 fully saturated rings. The first-order valence-corrected chi connectivity index (χ1v) is 11.1. The number of aromatic hydroxyl groups is 2. The summed E-state index contributed by atoms with van der Waals surface area (Å²) in [6.45, 7) is 3.81. The molecule has 2 saturated heterocycles. The largest absolute Gasteiger partial charge is 0.504 e. The second kappa shape index (κ2) is 8.44. The van der Waals surface area contributed by atoms with Gasteiger partial charge in [0.05, 0.1) is 35.8 Å². The molecule has 0 saturated carbocycles. The average Bonchev–Trinajstić information content (AvgIpc) is 3.09. The maximum atomic E-state index is 11.5. The number of imidazole rings is 1. The van der Waals surface area contributed by atoms with Crippen LogP contribution in [0.5, 0.6) is 11.5 Å². The summed E-state index contributed by atoms with van der Waals surface area (Å²) in [4.78, 5) is 18.6. The number of piperidine rings is 1. The summed E-state index contributed by atoms with van der Waals surface area (Å²) in [5.41, 5.74) is 2.69. The molecule has 0 amide bonds. The fourth-order valence-corrected chi connectivity index (χ4v) is 4.74. The van der Waals surface area contributed by atoms with Gasteiger partial charge in [0.1, 0.15) is 5.82 Å². The highest BCUT2D eigenvalue weighted by Gasteiger charge is 2.26. The number of nitrogens with zero attached hydrogens (tertiary/aromatic N) is 3. The quantitative estimate of drug-likeness (QED) is 0.508. The molecule has 0 bridgehead atoms. The second-order valence-corrected chi connectivity index (χ2v) is 8.69. The summed E-state index contributed by atoms with van der Waals surface area (Å²) >= 11 is 0. The van der Waals surface area contributed by atoms with Crippen molar-refractivity contribution >= 4 is 17.0 Å². The van der Waals surface area contributed by atoms with Gasteiger partial charge in [-0.15, -0.1) is 0 Å². The van der Waals surface area contributed by atoms with Crippen molar-refractivity contribution in [3.05, 3.63) is 53.3 Å². The van der Waals surface area contributed by atoms with E-state index in [1.165, 1.54) is 6.07 Å². The summed E-state index contributed by atoms with van der Waals surface area (Å²) in [6, 6.07) is 10.2. The normalized spacial score (nSPS) is 19.8. The van der Waals surface area contributed by atoms with Crippen molar-refractivity contribution in [2.45, 2.75) is 44.4 Å². The van der Waals surface area contributed by atoms with Crippen LogP contribution in [0.4, 0.5) is 0 Å². The number of carboxylic acid groups (broad SMARTS) is 1. The monoisotopic (exact) mass is 437 g/mol. The minimum Gasteiger partial charge on any atom is -0.504 e. The number of hydrogen-bond donors (Lipinski definition) is 3. The van der Waals surface area contributed by atoms with Gasteiger partial charge in [0.15, 0.2) is 11.5 Å². The number of aromatic carboxylic acids is 1. The summed E-state index contributed by atoms with van der Waals surface area (Å²) in [5.74, 6) is 0.0915. The van der Waals surface area contributed by atoms with Crippen LogP contribution in [0.15, 0.2) is 36.4 Å². The van der Waals surface area contributed by atoms with E-state index < -0.39 is 5.97 Å². The third-order valence-corrected chi connectivity index (χ3v) is 6.69. The lowest BCUT2D eigenvalue weighted by atomic mass is 9.88. The molecule has 1 unspecified atom stereocenters. The van der Waals surface area contributed by atoms with Gasteiger partial charge in [0, 0.05) is 12.2 Å². The summed E-state index contributed by atoms with van der Waals surface area (Å²) in [6.07, 6.45) is 2.90. The van der Waals surface area contributed by atoms with E-state index in [2.05, 4.69) is 9.47 Å². The predicted molar refractivity (Wildman–Crippen MR) is 118 cm³/mol. The van der Waals surface area contributed by atoms with E-state index in [4.69, 9.17) is 9.72 Å². The summed E-state index contributed by atoms with van der Waals surface area (Å²) < 4.78 is 7.75. The topological polar surface area (TPSA) is 108 Å². The molecule has 5 rings (SSSR count). The molecule has 32 heavy (non-hydrogen) atoms. The number of phenolic OH excluding ortho intramolecular Hbond substituents is 2. The Bertz CT molecular complexity index is 1150. The molecular weight excluding hydrogens is 410 g/mol. The van der Waals surface area contributed by atoms with Crippen molar-refractivity contribution in [2.24, 2.45) is 0 Å². The predicted octanol–water partition coefficient (Wildman–Crippen LogP) is 3.31. The molecule has 0 aliphatic carbocycles. The highest BCUT2D eigenvalue weighted by atomic mass is 16.5. The van der Waals surface area contributed by atoms with Crippen LogP contribution in [0.25, 0.3) is 11.0 Å². The van der Waals surface area contributed by atoms with E-state index in [9.17, 15) is 20.1 Å². The number of benzene rings is 2. The molecule has 1 atom stereocenters. The van der Waals surface area contributed by atoms with Gasteiger partial charge in [-0.2, -0.15) is 0 Å². The number of carbonyl (C=O) groups is 1. The number of likely N-dealkylation sites (tertiary alicyclic amines) is 1. The van der Waals surface area contributed by atoms with Crippen LogP contribution < -0.4 is 0 Å². The van der Waals surface area contributed by atoms with E-state index in [0.29, 0.717) is 13.1 Å². The molecule has 0 radical (unpaired) electrons. The van der Waals surface area contributed by atoms with Gasteiger partial charge in [-0.05, 0) is 62.5 Å². The first kappa shape index (κ1) is 20.8. The van der Waals surface area contributed by atoms with Crippen LogP contribution in [0, 0.1) is 0 Å². The van der Waals surface area contributed by atoms with Crippen LogP contribution in [-0.4, -0.2) is 61.5 Å². The highest BCUT2D eigenvalue weighted by Crippen LogP contribution is 2.38. The Morgan fingerprint density at radius 2 is 1.91 bits per heavy atom. The van der Waals surface area contributed by atoms with Crippen LogP contribution in [-0.2, 0) is 17.8 Å². The van der Waals surface area contributed by atoms with Gasteiger partial charge in [0.2, 0.25) is 0 Å². The van der Waals surface area contributed by atoms with Crippen LogP contribution in [0.1, 0.15) is 46.9 Å². The van der Waals surface area contributed by atoms with Gasteiger partial charge in [-0.25, -0.2) is 9.78 Å². The van der Waals surface area contributed by atoms with E-state index in [1.807, 2.05) is 6.07 Å². The molecule has 2 aromatic carbocycles. The van der Waals surface area contributed by atoms with Crippen molar-refractivity contribution in [3.63, 3.8) is 0 Å². The third-order valence-electron chi connectivity index (χ3n) is 6.69. The maximum Gasteiger partial charge on any atom is 0.335 e. The molecule has 0 spiro atoms. The minimum atomic E-state index is -0.946. The molecule has 8 nitrogen and oxygen atoms in total. The van der Waals surface area contributed by atoms with Crippen molar-refractivity contribution in [1.29, 1.82) is 0 Å². The Morgan fingerprint density at radius 3 is 2.59 bits per heavy atom.